The minimum absolute atomic E-state index is 0.307. The van der Waals surface area contributed by atoms with E-state index in [-0.39, 0.29) is 6.03 Å². The number of amides is 2. The molecule has 0 aliphatic carbocycles. The summed E-state index contributed by atoms with van der Waals surface area (Å²) in [5.41, 5.74) is 0.906. The standard InChI is InChI=1S/C16H18N6O2/c1-21(10-15-20-19-14-4-3-7-22(14)15)16(23)18-12-8-11(9-17)5-6-13(12)24-2/h5-6,8H,3-4,7,10H2,1-2H3,(H,18,23). The Balaban J connectivity index is 1.71. The van der Waals surface area contributed by atoms with Gasteiger partial charge in [0.15, 0.2) is 5.82 Å². The molecular weight excluding hydrogens is 308 g/mol. The maximum atomic E-state index is 12.4. The summed E-state index contributed by atoms with van der Waals surface area (Å²) in [5.74, 6) is 2.25. The number of carbonyl (C=O) groups excluding carboxylic acids is 1. The van der Waals surface area contributed by atoms with Gasteiger partial charge >= 0.3 is 6.03 Å². The number of aryl methyl sites for hydroxylation is 1. The van der Waals surface area contributed by atoms with E-state index in [1.54, 1.807) is 25.2 Å². The van der Waals surface area contributed by atoms with Crippen LogP contribution in [0.4, 0.5) is 10.5 Å². The van der Waals surface area contributed by atoms with Gasteiger partial charge in [-0.2, -0.15) is 5.26 Å². The van der Waals surface area contributed by atoms with E-state index in [4.69, 9.17) is 10.00 Å². The van der Waals surface area contributed by atoms with Crippen molar-refractivity contribution in [1.29, 1.82) is 5.26 Å². The first-order valence-electron chi connectivity index (χ1n) is 7.63. The van der Waals surface area contributed by atoms with Crippen LogP contribution in [0.3, 0.4) is 0 Å². The van der Waals surface area contributed by atoms with E-state index in [9.17, 15) is 4.79 Å². The normalized spacial score (nSPS) is 12.4. The molecule has 0 saturated heterocycles. The Morgan fingerprint density at radius 1 is 1.50 bits per heavy atom. The maximum absolute atomic E-state index is 12.4. The highest BCUT2D eigenvalue weighted by atomic mass is 16.5. The number of fused-ring (bicyclic) bond motifs is 1. The molecule has 0 saturated carbocycles. The molecule has 0 unspecified atom stereocenters. The van der Waals surface area contributed by atoms with Gasteiger partial charge in [-0.15, -0.1) is 10.2 Å². The molecule has 1 aliphatic heterocycles. The highest BCUT2D eigenvalue weighted by Gasteiger charge is 2.20. The van der Waals surface area contributed by atoms with E-state index in [1.807, 2.05) is 6.07 Å². The first-order chi connectivity index (χ1) is 11.6. The van der Waals surface area contributed by atoms with Gasteiger partial charge in [-0.05, 0) is 24.6 Å². The van der Waals surface area contributed by atoms with Crippen molar-refractivity contribution in [3.8, 4) is 11.8 Å². The van der Waals surface area contributed by atoms with Crippen molar-refractivity contribution in [2.24, 2.45) is 0 Å². The molecule has 0 bridgehead atoms. The lowest BCUT2D eigenvalue weighted by molar-refractivity contribution is 0.219. The Morgan fingerprint density at radius 2 is 2.33 bits per heavy atom. The zero-order valence-corrected chi connectivity index (χ0v) is 13.6. The molecule has 3 rings (SSSR count). The van der Waals surface area contributed by atoms with Crippen molar-refractivity contribution in [2.45, 2.75) is 25.9 Å². The quantitative estimate of drug-likeness (QED) is 0.923. The number of ether oxygens (including phenoxy) is 1. The molecule has 2 heterocycles. The number of carbonyl (C=O) groups is 1. The minimum atomic E-state index is -0.307. The van der Waals surface area contributed by atoms with Crippen LogP contribution in [0.2, 0.25) is 0 Å². The SMILES string of the molecule is COc1ccc(C#N)cc1NC(=O)N(C)Cc1nnc2n1CCC2. The molecule has 0 spiro atoms. The highest BCUT2D eigenvalue weighted by Crippen LogP contribution is 2.25. The van der Waals surface area contributed by atoms with Crippen molar-refractivity contribution in [2.75, 3.05) is 19.5 Å². The van der Waals surface area contributed by atoms with E-state index in [0.29, 0.717) is 23.5 Å². The topological polar surface area (TPSA) is 96.1 Å². The van der Waals surface area contributed by atoms with Gasteiger partial charge in [-0.3, -0.25) is 0 Å². The number of aromatic nitrogens is 3. The third-order valence-electron chi connectivity index (χ3n) is 3.98. The van der Waals surface area contributed by atoms with Crippen molar-refractivity contribution in [3.63, 3.8) is 0 Å². The van der Waals surface area contributed by atoms with Gasteiger partial charge in [-0.1, -0.05) is 0 Å². The lowest BCUT2D eigenvalue weighted by Crippen LogP contribution is -2.32. The largest absolute Gasteiger partial charge is 0.495 e. The predicted molar refractivity (Wildman–Crippen MR) is 86.5 cm³/mol. The smallest absolute Gasteiger partial charge is 0.322 e. The molecule has 24 heavy (non-hydrogen) atoms. The van der Waals surface area contributed by atoms with Gasteiger partial charge in [0.1, 0.15) is 11.6 Å². The Kier molecular flexibility index (Phi) is 4.33. The second kappa shape index (κ2) is 6.58. The summed E-state index contributed by atoms with van der Waals surface area (Å²) in [6.45, 7) is 1.25. The Labute approximate surface area is 139 Å². The number of urea groups is 1. The van der Waals surface area contributed by atoms with Crippen LogP contribution < -0.4 is 10.1 Å². The van der Waals surface area contributed by atoms with Gasteiger partial charge in [0.25, 0.3) is 0 Å². The van der Waals surface area contributed by atoms with E-state index in [1.165, 1.54) is 12.0 Å². The highest BCUT2D eigenvalue weighted by molar-refractivity contribution is 5.91. The molecule has 1 aromatic carbocycles. The van der Waals surface area contributed by atoms with Crippen molar-refractivity contribution in [3.05, 3.63) is 35.4 Å². The third kappa shape index (κ3) is 3.01. The molecule has 2 amide bonds. The molecule has 2 aromatic rings. The summed E-state index contributed by atoms with van der Waals surface area (Å²) in [6.07, 6.45) is 1.99. The Hall–Kier alpha value is -3.08. The first kappa shape index (κ1) is 15.8. The van der Waals surface area contributed by atoms with Crippen LogP contribution >= 0.6 is 0 Å². The summed E-state index contributed by atoms with van der Waals surface area (Å²) in [5, 5.41) is 20.1. The van der Waals surface area contributed by atoms with Crippen molar-refractivity contribution >= 4 is 11.7 Å². The van der Waals surface area contributed by atoms with Gasteiger partial charge in [0.05, 0.1) is 31.0 Å². The monoisotopic (exact) mass is 326 g/mol. The lowest BCUT2D eigenvalue weighted by Gasteiger charge is -2.18. The summed E-state index contributed by atoms with van der Waals surface area (Å²) >= 11 is 0. The number of methoxy groups -OCH3 is 1. The molecule has 0 atom stereocenters. The average molecular weight is 326 g/mol. The van der Waals surface area contributed by atoms with Crippen molar-refractivity contribution < 1.29 is 9.53 Å². The van der Waals surface area contributed by atoms with Crippen LogP contribution in [-0.4, -0.2) is 39.9 Å². The molecule has 0 radical (unpaired) electrons. The van der Waals surface area contributed by atoms with Crippen LogP contribution in [0.25, 0.3) is 0 Å². The Bertz CT molecular complexity index is 807. The summed E-state index contributed by atoms with van der Waals surface area (Å²) in [7, 11) is 3.20. The molecule has 1 N–H and O–H groups in total. The Morgan fingerprint density at radius 3 is 3.08 bits per heavy atom. The molecule has 0 fully saturated rings. The second-order valence-corrected chi connectivity index (χ2v) is 5.60. The fourth-order valence-electron chi connectivity index (χ4n) is 2.70. The van der Waals surface area contributed by atoms with Crippen LogP contribution in [-0.2, 0) is 19.5 Å². The number of anilines is 1. The van der Waals surface area contributed by atoms with E-state index >= 15 is 0 Å². The first-order valence-corrected chi connectivity index (χ1v) is 7.63. The van der Waals surface area contributed by atoms with Crippen LogP contribution in [0.15, 0.2) is 18.2 Å². The van der Waals surface area contributed by atoms with E-state index in [2.05, 4.69) is 20.1 Å². The van der Waals surface area contributed by atoms with Gasteiger partial charge < -0.3 is 19.5 Å². The third-order valence-corrected chi connectivity index (χ3v) is 3.98. The number of hydrogen-bond acceptors (Lipinski definition) is 5. The van der Waals surface area contributed by atoms with E-state index in [0.717, 1.165) is 31.0 Å². The second-order valence-electron chi connectivity index (χ2n) is 5.60. The summed E-state index contributed by atoms with van der Waals surface area (Å²) in [6, 6.07) is 6.61. The fourth-order valence-corrected chi connectivity index (χ4v) is 2.70. The number of hydrogen-bond donors (Lipinski definition) is 1. The van der Waals surface area contributed by atoms with Gasteiger partial charge in [0, 0.05) is 20.0 Å². The fraction of sp³-hybridized carbons (Fsp3) is 0.375. The van der Waals surface area contributed by atoms with E-state index < -0.39 is 0 Å². The van der Waals surface area contributed by atoms with Gasteiger partial charge in [0.2, 0.25) is 0 Å². The molecular formula is C16H18N6O2. The van der Waals surface area contributed by atoms with Crippen LogP contribution in [0.5, 0.6) is 5.75 Å². The van der Waals surface area contributed by atoms with Gasteiger partial charge in [-0.25, -0.2) is 4.79 Å². The average Bonchev–Trinajstić information content (AvgIpc) is 3.19. The molecule has 8 heteroatoms. The number of nitrogens with one attached hydrogen (secondary N) is 1. The number of nitrogens with zero attached hydrogens (tertiary/aromatic N) is 5. The number of benzene rings is 1. The zero-order valence-electron chi connectivity index (χ0n) is 13.6. The molecule has 124 valence electrons. The van der Waals surface area contributed by atoms with Crippen LogP contribution in [0.1, 0.15) is 23.6 Å². The predicted octanol–water partition coefficient (Wildman–Crippen LogP) is 1.77. The summed E-state index contributed by atoms with van der Waals surface area (Å²) < 4.78 is 7.28. The zero-order chi connectivity index (χ0) is 17.1. The minimum Gasteiger partial charge on any atom is -0.495 e. The number of nitriles is 1. The number of rotatable bonds is 4. The molecule has 1 aliphatic rings. The van der Waals surface area contributed by atoms with Crippen LogP contribution in [0, 0.1) is 11.3 Å². The molecule has 1 aromatic heterocycles. The lowest BCUT2D eigenvalue weighted by atomic mass is 10.2. The summed E-state index contributed by atoms with van der Waals surface area (Å²) in [4.78, 5) is 13.9. The van der Waals surface area contributed by atoms with Crippen molar-refractivity contribution in [1.82, 2.24) is 19.7 Å². The molecule has 8 nitrogen and oxygen atoms in total. The maximum Gasteiger partial charge on any atom is 0.322 e.